The molecule has 1 aromatic rings. The molecule has 6 nitrogen and oxygen atoms in total. The molecule has 0 unspecified atom stereocenters. The van der Waals surface area contributed by atoms with E-state index in [1.165, 1.54) is 6.07 Å². The number of rotatable bonds is 8. The van der Waals surface area contributed by atoms with Gasteiger partial charge < -0.3 is 9.08 Å². The molecule has 0 aliphatic carbocycles. The van der Waals surface area contributed by atoms with Crippen molar-refractivity contribution in [1.29, 1.82) is 0 Å². The molecule has 0 amide bonds. The first-order valence-electron chi connectivity index (χ1n) is 6.59. The highest BCUT2D eigenvalue weighted by Gasteiger charge is 2.09. The highest BCUT2D eigenvalue weighted by atomic mass is 32.2. The van der Waals surface area contributed by atoms with Crippen molar-refractivity contribution >= 4 is 22.3 Å². The van der Waals surface area contributed by atoms with Gasteiger partial charge in [-0.2, -0.15) is 13.4 Å². The van der Waals surface area contributed by atoms with Gasteiger partial charge in [0.15, 0.2) is 0 Å². The predicted octanol–water partition coefficient (Wildman–Crippen LogP) is 2.07. The first-order chi connectivity index (χ1) is 9.46. The van der Waals surface area contributed by atoms with Crippen molar-refractivity contribution in [1.82, 2.24) is 4.98 Å². The minimum atomic E-state index is -3.57. The van der Waals surface area contributed by atoms with Crippen LogP contribution < -0.4 is 9.08 Å². The van der Waals surface area contributed by atoms with Crippen LogP contribution >= 0.6 is 0 Å². The van der Waals surface area contributed by atoms with Crippen molar-refractivity contribution in [3.63, 3.8) is 0 Å². The molecule has 112 valence electrons. The SMILES string of the molecule is CCCN=CN(CCC)c1cccc(OS(C)(=O)=O)n1. The second kappa shape index (κ2) is 7.84. The van der Waals surface area contributed by atoms with Gasteiger partial charge in [-0.15, -0.1) is 0 Å². The van der Waals surface area contributed by atoms with Crippen molar-refractivity contribution in [2.45, 2.75) is 26.7 Å². The molecule has 0 aromatic carbocycles. The molecule has 20 heavy (non-hydrogen) atoms. The monoisotopic (exact) mass is 299 g/mol. The number of nitrogens with zero attached hydrogens (tertiary/aromatic N) is 3. The Morgan fingerprint density at radius 1 is 1.35 bits per heavy atom. The number of pyridine rings is 1. The topological polar surface area (TPSA) is 71.9 Å². The van der Waals surface area contributed by atoms with Gasteiger partial charge in [-0.25, -0.2) is 0 Å². The van der Waals surface area contributed by atoms with Crippen LogP contribution in [0.5, 0.6) is 5.88 Å². The summed E-state index contributed by atoms with van der Waals surface area (Å²) in [6.07, 6.45) is 4.63. The summed E-state index contributed by atoms with van der Waals surface area (Å²) in [6, 6.07) is 5.01. The number of anilines is 1. The lowest BCUT2D eigenvalue weighted by molar-refractivity contribution is 0.483. The Balaban J connectivity index is 2.93. The molecule has 0 atom stereocenters. The lowest BCUT2D eigenvalue weighted by Gasteiger charge is -2.18. The van der Waals surface area contributed by atoms with Crippen LogP contribution in [0.15, 0.2) is 23.2 Å². The summed E-state index contributed by atoms with van der Waals surface area (Å²) in [7, 11) is -3.57. The molecule has 0 N–H and O–H groups in total. The Kier molecular flexibility index (Phi) is 6.44. The van der Waals surface area contributed by atoms with E-state index in [0.29, 0.717) is 5.82 Å². The predicted molar refractivity (Wildman–Crippen MR) is 81.0 cm³/mol. The summed E-state index contributed by atoms with van der Waals surface area (Å²) in [5.74, 6) is 0.683. The second-order valence-corrected chi connectivity index (χ2v) is 5.91. The van der Waals surface area contributed by atoms with E-state index < -0.39 is 10.1 Å². The van der Waals surface area contributed by atoms with Crippen molar-refractivity contribution < 1.29 is 12.6 Å². The fraction of sp³-hybridized carbons (Fsp3) is 0.538. The van der Waals surface area contributed by atoms with Gasteiger partial charge in [0.05, 0.1) is 12.6 Å². The van der Waals surface area contributed by atoms with Gasteiger partial charge in [-0.05, 0) is 18.9 Å². The average molecular weight is 299 g/mol. The van der Waals surface area contributed by atoms with Crippen LogP contribution in [0.3, 0.4) is 0 Å². The van der Waals surface area contributed by atoms with E-state index in [2.05, 4.69) is 23.8 Å². The third kappa shape index (κ3) is 6.01. The molecule has 0 saturated carbocycles. The largest absolute Gasteiger partial charge is 0.362 e. The third-order valence-electron chi connectivity index (χ3n) is 2.28. The summed E-state index contributed by atoms with van der Waals surface area (Å²) < 4.78 is 27.0. The first kappa shape index (κ1) is 16.4. The minimum Gasteiger partial charge on any atom is -0.362 e. The Bertz CT molecular complexity index is 544. The number of hydrogen-bond acceptors (Lipinski definition) is 5. The quantitative estimate of drug-likeness (QED) is 0.417. The number of hydrogen-bond donors (Lipinski definition) is 0. The molecule has 0 bridgehead atoms. The zero-order valence-electron chi connectivity index (χ0n) is 12.1. The number of aromatic nitrogens is 1. The summed E-state index contributed by atoms with van der Waals surface area (Å²) in [5, 5.41) is 0. The summed E-state index contributed by atoms with van der Waals surface area (Å²) in [6.45, 7) is 5.61. The van der Waals surface area contributed by atoms with E-state index >= 15 is 0 Å². The molecule has 1 rings (SSSR count). The van der Waals surface area contributed by atoms with Gasteiger partial charge in [-0.1, -0.05) is 19.9 Å². The Hall–Kier alpha value is -1.63. The molecule has 7 heteroatoms. The third-order valence-corrected chi connectivity index (χ3v) is 2.75. The molecule has 0 radical (unpaired) electrons. The van der Waals surface area contributed by atoms with Crippen LogP contribution in [0.2, 0.25) is 0 Å². The van der Waals surface area contributed by atoms with Gasteiger partial charge in [0.1, 0.15) is 5.82 Å². The van der Waals surface area contributed by atoms with Crippen molar-refractivity contribution in [3.05, 3.63) is 18.2 Å². The second-order valence-electron chi connectivity index (χ2n) is 4.34. The molecular formula is C13H21N3O3S. The van der Waals surface area contributed by atoms with Crippen LogP contribution in [-0.4, -0.2) is 39.1 Å². The molecule has 1 aromatic heterocycles. The van der Waals surface area contributed by atoms with Gasteiger partial charge in [-0.3, -0.25) is 4.99 Å². The van der Waals surface area contributed by atoms with Crippen LogP contribution in [0.4, 0.5) is 5.82 Å². The lowest BCUT2D eigenvalue weighted by Crippen LogP contribution is -2.23. The van der Waals surface area contributed by atoms with Crippen molar-refractivity contribution in [2.24, 2.45) is 4.99 Å². The molecule has 1 heterocycles. The first-order valence-corrected chi connectivity index (χ1v) is 8.41. The molecule has 0 aliphatic rings. The van der Waals surface area contributed by atoms with Crippen LogP contribution in [0.25, 0.3) is 0 Å². The Morgan fingerprint density at radius 3 is 2.70 bits per heavy atom. The summed E-state index contributed by atoms with van der Waals surface area (Å²) >= 11 is 0. The molecular weight excluding hydrogens is 278 g/mol. The smallest absolute Gasteiger partial charge is 0.307 e. The number of aliphatic imine (C=N–C) groups is 1. The van der Waals surface area contributed by atoms with E-state index in [1.807, 2.05) is 4.90 Å². The van der Waals surface area contributed by atoms with E-state index in [0.717, 1.165) is 32.2 Å². The van der Waals surface area contributed by atoms with Gasteiger partial charge in [0, 0.05) is 19.2 Å². The Morgan fingerprint density at radius 2 is 2.10 bits per heavy atom. The maximum absolute atomic E-state index is 11.1. The molecule has 0 fully saturated rings. The fourth-order valence-corrected chi connectivity index (χ4v) is 1.93. The van der Waals surface area contributed by atoms with Crippen molar-refractivity contribution in [2.75, 3.05) is 24.2 Å². The van der Waals surface area contributed by atoms with E-state index in [1.54, 1.807) is 18.5 Å². The highest BCUT2D eigenvalue weighted by molar-refractivity contribution is 7.86. The van der Waals surface area contributed by atoms with Crippen molar-refractivity contribution in [3.8, 4) is 5.88 Å². The maximum Gasteiger partial charge on any atom is 0.307 e. The zero-order chi connectivity index (χ0) is 15.0. The normalized spacial score (nSPS) is 11.8. The lowest BCUT2D eigenvalue weighted by atomic mass is 10.4. The van der Waals surface area contributed by atoms with Crippen LogP contribution in [0, 0.1) is 0 Å². The molecule has 0 spiro atoms. The molecule has 0 aliphatic heterocycles. The Labute approximate surface area is 120 Å². The van der Waals surface area contributed by atoms with E-state index in [-0.39, 0.29) is 5.88 Å². The van der Waals surface area contributed by atoms with Gasteiger partial charge in [0.25, 0.3) is 0 Å². The summed E-state index contributed by atoms with van der Waals surface area (Å²) in [5.41, 5.74) is 0. The van der Waals surface area contributed by atoms with E-state index in [4.69, 9.17) is 4.18 Å². The highest BCUT2D eigenvalue weighted by Crippen LogP contribution is 2.16. The average Bonchev–Trinajstić information content (AvgIpc) is 2.36. The van der Waals surface area contributed by atoms with Gasteiger partial charge in [0.2, 0.25) is 5.88 Å². The molecule has 0 saturated heterocycles. The summed E-state index contributed by atoms with van der Waals surface area (Å²) in [4.78, 5) is 10.4. The minimum absolute atomic E-state index is 0.0648. The van der Waals surface area contributed by atoms with Gasteiger partial charge >= 0.3 is 10.1 Å². The standard InChI is InChI=1S/C13H21N3O3S/c1-4-9-14-11-16(10-5-2)12-7-6-8-13(15-12)19-20(3,17)18/h6-8,11H,4-5,9-10H2,1-3H3. The van der Waals surface area contributed by atoms with Crippen LogP contribution in [0.1, 0.15) is 26.7 Å². The zero-order valence-corrected chi connectivity index (χ0v) is 12.9. The fourth-order valence-electron chi connectivity index (χ4n) is 1.52. The maximum atomic E-state index is 11.1. The van der Waals surface area contributed by atoms with Crippen LogP contribution in [-0.2, 0) is 10.1 Å². The van der Waals surface area contributed by atoms with E-state index in [9.17, 15) is 8.42 Å².